The first-order valence-electron chi connectivity index (χ1n) is 4.53. The first-order chi connectivity index (χ1) is 5.59. The standard InChI is InChI=1S/C9H17FN2/c1-6(2)12-9-4-8(10)7(3)5-11-9/h6-8H,4-5H2,1-3H3,(H,11,12)/t7-,8?/m1/s1. The molecular formula is C9H17FN2. The fourth-order valence-corrected chi connectivity index (χ4v) is 1.26. The number of hydrogen-bond donors (Lipinski definition) is 1. The topological polar surface area (TPSA) is 24.4 Å². The zero-order valence-corrected chi connectivity index (χ0v) is 7.97. The third-order valence-corrected chi connectivity index (χ3v) is 2.03. The van der Waals surface area contributed by atoms with E-state index < -0.39 is 6.17 Å². The Morgan fingerprint density at radius 1 is 1.58 bits per heavy atom. The van der Waals surface area contributed by atoms with Crippen LogP contribution in [0.25, 0.3) is 0 Å². The smallest absolute Gasteiger partial charge is 0.111 e. The molecule has 2 atom stereocenters. The van der Waals surface area contributed by atoms with Crippen molar-refractivity contribution in [2.24, 2.45) is 10.9 Å². The summed E-state index contributed by atoms with van der Waals surface area (Å²) in [5, 5.41) is 3.14. The number of nitrogens with one attached hydrogen (secondary N) is 1. The summed E-state index contributed by atoms with van der Waals surface area (Å²) < 4.78 is 13.2. The predicted molar refractivity (Wildman–Crippen MR) is 49.3 cm³/mol. The largest absolute Gasteiger partial charge is 0.372 e. The van der Waals surface area contributed by atoms with Crippen molar-refractivity contribution >= 4 is 5.84 Å². The number of nitrogens with zero attached hydrogens (tertiary/aromatic N) is 1. The second-order valence-electron chi connectivity index (χ2n) is 3.78. The molecule has 0 aliphatic carbocycles. The van der Waals surface area contributed by atoms with Crippen LogP contribution in [-0.2, 0) is 0 Å². The number of halogens is 1. The van der Waals surface area contributed by atoms with E-state index in [1.165, 1.54) is 0 Å². The van der Waals surface area contributed by atoms with Gasteiger partial charge in [0.25, 0.3) is 0 Å². The Hall–Kier alpha value is -0.600. The summed E-state index contributed by atoms with van der Waals surface area (Å²) in [6.45, 7) is 6.60. The molecule has 70 valence electrons. The van der Waals surface area contributed by atoms with E-state index in [9.17, 15) is 4.39 Å². The van der Waals surface area contributed by atoms with E-state index in [0.717, 1.165) is 5.84 Å². The predicted octanol–water partition coefficient (Wildman–Crippen LogP) is 1.76. The molecule has 0 spiro atoms. The highest BCUT2D eigenvalue weighted by Gasteiger charge is 2.22. The van der Waals surface area contributed by atoms with Gasteiger partial charge in [-0.1, -0.05) is 6.92 Å². The molecule has 1 rings (SSSR count). The summed E-state index contributed by atoms with van der Waals surface area (Å²) in [5.41, 5.74) is 0. The lowest BCUT2D eigenvalue weighted by Crippen LogP contribution is -2.37. The van der Waals surface area contributed by atoms with Crippen molar-refractivity contribution in [3.63, 3.8) is 0 Å². The van der Waals surface area contributed by atoms with Crippen molar-refractivity contribution in [1.29, 1.82) is 0 Å². The lowest BCUT2D eigenvalue weighted by atomic mass is 10.00. The van der Waals surface area contributed by atoms with Crippen molar-refractivity contribution in [1.82, 2.24) is 5.32 Å². The minimum Gasteiger partial charge on any atom is -0.372 e. The van der Waals surface area contributed by atoms with Crippen molar-refractivity contribution in [2.75, 3.05) is 6.54 Å². The van der Waals surface area contributed by atoms with Gasteiger partial charge in [0.05, 0.1) is 5.84 Å². The second-order valence-corrected chi connectivity index (χ2v) is 3.78. The molecule has 1 unspecified atom stereocenters. The Bertz CT molecular complexity index is 177. The van der Waals surface area contributed by atoms with E-state index >= 15 is 0 Å². The Morgan fingerprint density at radius 2 is 2.25 bits per heavy atom. The van der Waals surface area contributed by atoms with Crippen molar-refractivity contribution in [3.05, 3.63) is 0 Å². The molecule has 0 aromatic rings. The molecule has 1 N–H and O–H groups in total. The van der Waals surface area contributed by atoms with Crippen molar-refractivity contribution in [3.8, 4) is 0 Å². The van der Waals surface area contributed by atoms with Crippen LogP contribution in [0, 0.1) is 5.92 Å². The highest BCUT2D eigenvalue weighted by molar-refractivity contribution is 5.83. The minimum atomic E-state index is -0.719. The van der Waals surface area contributed by atoms with Gasteiger partial charge in [0.15, 0.2) is 0 Å². The highest BCUT2D eigenvalue weighted by Crippen LogP contribution is 2.16. The van der Waals surface area contributed by atoms with Crippen LogP contribution in [0.15, 0.2) is 4.99 Å². The maximum atomic E-state index is 13.2. The van der Waals surface area contributed by atoms with Gasteiger partial charge >= 0.3 is 0 Å². The van der Waals surface area contributed by atoms with Gasteiger partial charge in [0, 0.05) is 24.9 Å². The molecule has 0 bridgehead atoms. The number of alkyl halides is 1. The van der Waals surface area contributed by atoms with Gasteiger partial charge in [-0.05, 0) is 13.8 Å². The van der Waals surface area contributed by atoms with Crippen LogP contribution in [0.2, 0.25) is 0 Å². The van der Waals surface area contributed by atoms with Gasteiger partial charge in [-0.2, -0.15) is 0 Å². The SMILES string of the molecule is CC(C)NC1=NC[C@@H](C)C(F)C1. The zero-order valence-electron chi connectivity index (χ0n) is 7.97. The van der Waals surface area contributed by atoms with E-state index in [1.807, 2.05) is 20.8 Å². The summed E-state index contributed by atoms with van der Waals surface area (Å²) in [5.74, 6) is 0.915. The van der Waals surface area contributed by atoms with Crippen LogP contribution in [-0.4, -0.2) is 24.6 Å². The van der Waals surface area contributed by atoms with E-state index in [1.54, 1.807) is 0 Å². The monoisotopic (exact) mass is 172 g/mol. The van der Waals surface area contributed by atoms with Crippen LogP contribution < -0.4 is 5.32 Å². The molecule has 0 aromatic heterocycles. The third-order valence-electron chi connectivity index (χ3n) is 2.03. The Labute approximate surface area is 73.3 Å². The molecule has 3 heteroatoms. The lowest BCUT2D eigenvalue weighted by molar-refractivity contribution is 0.243. The summed E-state index contributed by atoms with van der Waals surface area (Å²) >= 11 is 0. The highest BCUT2D eigenvalue weighted by atomic mass is 19.1. The van der Waals surface area contributed by atoms with Gasteiger partial charge in [0.2, 0.25) is 0 Å². The quantitative estimate of drug-likeness (QED) is 0.640. The van der Waals surface area contributed by atoms with E-state index in [4.69, 9.17) is 0 Å². The van der Waals surface area contributed by atoms with Crippen molar-refractivity contribution < 1.29 is 4.39 Å². The molecule has 0 saturated carbocycles. The summed E-state index contributed by atoms with van der Waals surface area (Å²) in [6, 6.07) is 0.351. The zero-order chi connectivity index (χ0) is 9.14. The normalized spacial score (nSPS) is 30.2. The van der Waals surface area contributed by atoms with E-state index in [2.05, 4.69) is 10.3 Å². The Morgan fingerprint density at radius 3 is 2.75 bits per heavy atom. The van der Waals surface area contributed by atoms with E-state index in [0.29, 0.717) is 19.0 Å². The third kappa shape index (κ3) is 2.47. The molecule has 0 radical (unpaired) electrons. The van der Waals surface area contributed by atoms with Crippen LogP contribution in [0.3, 0.4) is 0 Å². The first-order valence-corrected chi connectivity index (χ1v) is 4.53. The van der Waals surface area contributed by atoms with Crippen LogP contribution in [0.5, 0.6) is 0 Å². The van der Waals surface area contributed by atoms with Gasteiger partial charge < -0.3 is 5.32 Å². The summed E-state index contributed by atoms with van der Waals surface area (Å²) in [7, 11) is 0. The molecule has 1 aliphatic rings. The Kier molecular flexibility index (Phi) is 3.06. The second kappa shape index (κ2) is 3.87. The maximum Gasteiger partial charge on any atom is 0.111 e. The molecule has 0 fully saturated rings. The van der Waals surface area contributed by atoms with Gasteiger partial charge in [-0.3, -0.25) is 4.99 Å². The molecule has 0 aromatic carbocycles. The fraction of sp³-hybridized carbons (Fsp3) is 0.889. The van der Waals surface area contributed by atoms with Gasteiger partial charge in [-0.25, -0.2) is 4.39 Å². The molecule has 1 aliphatic heterocycles. The average Bonchev–Trinajstić information content (AvgIpc) is 1.96. The number of hydrogen-bond acceptors (Lipinski definition) is 2. The van der Waals surface area contributed by atoms with Crippen LogP contribution in [0.1, 0.15) is 27.2 Å². The van der Waals surface area contributed by atoms with Gasteiger partial charge in [-0.15, -0.1) is 0 Å². The molecule has 0 saturated heterocycles. The van der Waals surface area contributed by atoms with Crippen molar-refractivity contribution in [2.45, 2.75) is 39.4 Å². The van der Waals surface area contributed by atoms with E-state index in [-0.39, 0.29) is 5.92 Å². The molecule has 0 amide bonds. The summed E-state index contributed by atoms with van der Waals surface area (Å²) in [4.78, 5) is 4.27. The minimum absolute atomic E-state index is 0.0858. The number of amidine groups is 1. The van der Waals surface area contributed by atoms with Crippen LogP contribution >= 0.6 is 0 Å². The first kappa shape index (κ1) is 9.49. The molecule has 1 heterocycles. The number of aliphatic imine (C=N–C) groups is 1. The molecule has 2 nitrogen and oxygen atoms in total. The Balaban J connectivity index is 2.46. The average molecular weight is 172 g/mol. The van der Waals surface area contributed by atoms with Crippen LogP contribution in [0.4, 0.5) is 4.39 Å². The lowest BCUT2D eigenvalue weighted by Gasteiger charge is -2.23. The molecular weight excluding hydrogens is 155 g/mol. The summed E-state index contributed by atoms with van der Waals surface area (Å²) in [6.07, 6.45) is -0.261. The maximum absolute atomic E-state index is 13.2. The van der Waals surface area contributed by atoms with Gasteiger partial charge in [0.1, 0.15) is 6.17 Å². The molecule has 12 heavy (non-hydrogen) atoms. The number of rotatable bonds is 1. The fourth-order valence-electron chi connectivity index (χ4n) is 1.26.